The van der Waals surface area contributed by atoms with Gasteiger partial charge in [-0.15, -0.1) is 0 Å². The van der Waals surface area contributed by atoms with E-state index in [-0.39, 0.29) is 12.2 Å². The zero-order valence-corrected chi connectivity index (χ0v) is 21.2. The van der Waals surface area contributed by atoms with Gasteiger partial charge in [-0.05, 0) is 64.8 Å². The number of nitrogens with zero attached hydrogens (tertiary/aromatic N) is 4. The second-order valence-corrected chi connectivity index (χ2v) is 9.03. The van der Waals surface area contributed by atoms with Gasteiger partial charge in [-0.25, -0.2) is 9.97 Å². The van der Waals surface area contributed by atoms with Crippen molar-refractivity contribution in [1.29, 1.82) is 0 Å². The molecule has 1 aromatic carbocycles. The number of primary amides is 1. The van der Waals surface area contributed by atoms with Crippen LogP contribution in [0.15, 0.2) is 36.4 Å². The van der Waals surface area contributed by atoms with Gasteiger partial charge < -0.3 is 26.2 Å². The van der Waals surface area contributed by atoms with Crippen LogP contribution in [0.2, 0.25) is 0 Å². The Morgan fingerprint density at radius 3 is 2.70 bits per heavy atom. The number of aryl methyl sites for hydroxylation is 1. The Balaban J connectivity index is 1.55. The summed E-state index contributed by atoms with van der Waals surface area (Å²) in [5.74, 6) is -1.03. The zero-order valence-electron chi connectivity index (χ0n) is 27.2. The third-order valence-corrected chi connectivity index (χ3v) is 6.06. The first-order valence-corrected chi connectivity index (χ1v) is 12.0. The molecular formula is C27H37N7O3. The summed E-state index contributed by atoms with van der Waals surface area (Å²) in [4.78, 5) is 47.7. The number of carbonyl (C=O) groups is 3. The van der Waals surface area contributed by atoms with Gasteiger partial charge in [-0.1, -0.05) is 18.2 Å². The van der Waals surface area contributed by atoms with E-state index < -0.39 is 44.3 Å². The number of hydrogen-bond acceptors (Lipinski definition) is 7. The summed E-state index contributed by atoms with van der Waals surface area (Å²) < 4.78 is 44.2. The van der Waals surface area contributed by atoms with Crippen molar-refractivity contribution >= 4 is 29.2 Å². The van der Waals surface area contributed by atoms with Crippen molar-refractivity contribution in [1.82, 2.24) is 25.1 Å². The molecule has 0 spiro atoms. The highest BCUT2D eigenvalue weighted by Crippen LogP contribution is 2.41. The lowest BCUT2D eigenvalue weighted by Crippen LogP contribution is -2.45. The predicted molar refractivity (Wildman–Crippen MR) is 144 cm³/mol. The molecule has 4 N–H and O–H groups in total. The van der Waals surface area contributed by atoms with Crippen LogP contribution in [-0.2, 0) is 16.0 Å². The monoisotopic (exact) mass is 513 g/mol. The molecule has 37 heavy (non-hydrogen) atoms. The van der Waals surface area contributed by atoms with Gasteiger partial charge in [-0.3, -0.25) is 14.4 Å². The normalized spacial score (nSPS) is 17.1. The van der Waals surface area contributed by atoms with E-state index in [1.807, 2.05) is 31.2 Å². The number of anilines is 2. The number of carbonyl (C=O) groups excluding carboxylic acids is 3. The number of nitrogens with two attached hydrogens (primary N) is 1. The van der Waals surface area contributed by atoms with E-state index in [0.717, 1.165) is 36.3 Å². The first kappa shape index (κ1) is 20.3. The highest BCUT2D eigenvalue weighted by Gasteiger charge is 2.29. The van der Waals surface area contributed by atoms with E-state index in [1.54, 1.807) is 0 Å². The fourth-order valence-corrected chi connectivity index (χ4v) is 3.70. The summed E-state index contributed by atoms with van der Waals surface area (Å²) in [6, 6.07) is 6.54. The van der Waals surface area contributed by atoms with Crippen LogP contribution >= 0.6 is 0 Å². The molecule has 1 aliphatic rings. The molecule has 0 radical (unpaired) electrons. The molecule has 1 atom stereocenters. The molecule has 10 nitrogen and oxygen atoms in total. The average molecular weight is 514 g/mol. The Bertz CT molecular complexity index is 1360. The lowest BCUT2D eigenvalue weighted by atomic mass is 10.1. The Morgan fingerprint density at radius 2 is 2.03 bits per heavy atom. The van der Waals surface area contributed by atoms with Crippen molar-refractivity contribution in [3.8, 4) is 0 Å². The molecule has 1 fully saturated rings. The lowest BCUT2D eigenvalue weighted by Gasteiger charge is -2.23. The molecule has 1 aliphatic carbocycles. The summed E-state index contributed by atoms with van der Waals surface area (Å²) in [6.45, 7) is -2.60. The summed E-state index contributed by atoms with van der Waals surface area (Å²) in [5.41, 5.74) is 8.72. The van der Waals surface area contributed by atoms with Gasteiger partial charge in [0.15, 0.2) is 11.5 Å². The van der Waals surface area contributed by atoms with Gasteiger partial charge in [0.1, 0.15) is 6.04 Å². The average Bonchev–Trinajstić information content (AvgIpc) is 3.75. The van der Waals surface area contributed by atoms with E-state index in [9.17, 15) is 14.4 Å². The third kappa shape index (κ3) is 7.85. The molecule has 198 valence electrons. The van der Waals surface area contributed by atoms with Gasteiger partial charge in [0.2, 0.25) is 11.8 Å². The van der Waals surface area contributed by atoms with Crippen molar-refractivity contribution in [3.63, 3.8) is 0 Å². The topological polar surface area (TPSA) is 134 Å². The molecule has 10 heteroatoms. The van der Waals surface area contributed by atoms with E-state index in [0.29, 0.717) is 34.4 Å². The van der Waals surface area contributed by atoms with Crippen LogP contribution in [0.25, 0.3) is 0 Å². The second-order valence-electron chi connectivity index (χ2n) is 9.03. The number of nitrogens with one attached hydrogen (secondary N) is 2. The summed E-state index contributed by atoms with van der Waals surface area (Å²) in [6.07, 6.45) is 4.72. The number of aromatic nitrogens is 2. The fourth-order valence-electron chi connectivity index (χ4n) is 3.70. The van der Waals surface area contributed by atoms with Crippen molar-refractivity contribution in [2.45, 2.75) is 45.1 Å². The molecule has 0 saturated heterocycles. The molecule has 3 amide bonds. The van der Waals surface area contributed by atoms with Gasteiger partial charge >= 0.3 is 0 Å². The quantitative estimate of drug-likeness (QED) is 0.370. The standard InChI is InChI=1S/C27H37N7O3/c1-17-23(20-11-12-20)32-26(24(30-17)25(28)36)31-21-9-6-8-19(16-21)13-14-29-27(37)18(2)34(5)22(35)10-7-15-33(3)4/h6-10,16,18,20H,11-15H2,1-5H3,(H2,28,36)(H,29,37)(H,31,32)/b10-7+/t18-/m0/s1/i3D3,4D3. The van der Waals surface area contributed by atoms with Crippen molar-refractivity contribution in [2.75, 3.05) is 39.4 Å². The molecule has 3 rings (SSSR count). The Kier molecular flexibility index (Phi) is 6.82. The highest BCUT2D eigenvalue weighted by molar-refractivity contribution is 5.96. The number of benzene rings is 1. The number of rotatable bonds is 12. The molecule has 1 heterocycles. The second kappa shape index (κ2) is 12.4. The van der Waals surface area contributed by atoms with Gasteiger partial charge in [0.25, 0.3) is 5.91 Å². The van der Waals surface area contributed by atoms with Crippen molar-refractivity contribution < 1.29 is 22.6 Å². The van der Waals surface area contributed by atoms with Crippen molar-refractivity contribution in [2.24, 2.45) is 5.73 Å². The van der Waals surface area contributed by atoms with E-state index in [1.165, 1.54) is 18.9 Å². The SMILES string of the molecule is [2H]C([2H])([2H])N(C/C=C/C(=O)N(C)[C@@H](C)C(=O)NCCc1cccc(Nc2nc(C3CC3)c(C)nc2C(N)=O)c1)C([2H])([2H])[2H]. The summed E-state index contributed by atoms with van der Waals surface area (Å²) >= 11 is 0. The van der Waals surface area contributed by atoms with Crippen LogP contribution in [0.1, 0.15) is 61.3 Å². The van der Waals surface area contributed by atoms with Crippen LogP contribution in [-0.4, -0.2) is 77.6 Å². The molecule has 0 unspecified atom stereocenters. The maximum Gasteiger partial charge on any atom is 0.271 e. The smallest absolute Gasteiger partial charge is 0.271 e. The predicted octanol–water partition coefficient (Wildman–Crippen LogP) is 2.13. The van der Waals surface area contributed by atoms with Crippen LogP contribution in [0.3, 0.4) is 0 Å². The zero-order chi connectivity index (χ0) is 32.1. The minimum Gasteiger partial charge on any atom is -0.364 e. The first-order chi connectivity index (χ1) is 20.0. The van der Waals surface area contributed by atoms with Crippen LogP contribution in [0.5, 0.6) is 0 Å². The van der Waals surface area contributed by atoms with Gasteiger partial charge in [0.05, 0.1) is 11.4 Å². The van der Waals surface area contributed by atoms with Crippen LogP contribution in [0, 0.1) is 6.92 Å². The largest absolute Gasteiger partial charge is 0.364 e. The molecule has 2 aromatic rings. The van der Waals surface area contributed by atoms with Crippen LogP contribution in [0.4, 0.5) is 11.5 Å². The van der Waals surface area contributed by atoms with E-state index >= 15 is 0 Å². The molecule has 0 aliphatic heterocycles. The van der Waals surface area contributed by atoms with Crippen molar-refractivity contribution in [3.05, 3.63) is 59.1 Å². The maximum absolute atomic E-state index is 12.7. The highest BCUT2D eigenvalue weighted by atomic mass is 16.2. The number of likely N-dealkylation sites (N-methyl/N-ethyl adjacent to an activating group) is 2. The van der Waals surface area contributed by atoms with E-state index in [2.05, 4.69) is 20.6 Å². The maximum atomic E-state index is 12.7. The third-order valence-electron chi connectivity index (χ3n) is 6.06. The number of amides is 3. The number of hydrogen-bond donors (Lipinski definition) is 3. The fraction of sp³-hybridized carbons (Fsp3) is 0.444. The molecule has 0 bridgehead atoms. The first-order valence-electron chi connectivity index (χ1n) is 15.0. The lowest BCUT2D eigenvalue weighted by molar-refractivity contribution is -0.135. The van der Waals surface area contributed by atoms with Gasteiger partial charge in [-0.2, -0.15) is 0 Å². The Morgan fingerprint density at radius 1 is 1.27 bits per heavy atom. The Hall–Kier alpha value is -3.79. The molecular weight excluding hydrogens is 470 g/mol. The molecule has 1 aromatic heterocycles. The van der Waals surface area contributed by atoms with Gasteiger partial charge in [0, 0.05) is 46.0 Å². The Labute approximate surface area is 226 Å². The van der Waals surface area contributed by atoms with E-state index in [4.69, 9.17) is 14.0 Å². The minimum absolute atomic E-state index is 0.0638. The summed E-state index contributed by atoms with van der Waals surface area (Å²) in [7, 11) is 1.42. The van der Waals surface area contributed by atoms with Crippen LogP contribution < -0.4 is 16.4 Å². The molecule has 1 saturated carbocycles. The summed E-state index contributed by atoms with van der Waals surface area (Å²) in [5, 5.41) is 5.94. The minimum atomic E-state index is -2.87.